The molecule has 1 aliphatic carbocycles. The van der Waals surface area contributed by atoms with Crippen LogP contribution in [0, 0.1) is 12.3 Å². The third kappa shape index (κ3) is 58.9. The van der Waals surface area contributed by atoms with Crippen molar-refractivity contribution in [1.29, 1.82) is 0 Å². The van der Waals surface area contributed by atoms with Crippen molar-refractivity contribution in [2.24, 2.45) is 5.92 Å². The van der Waals surface area contributed by atoms with E-state index < -0.39 is 8.32 Å². The van der Waals surface area contributed by atoms with Crippen LogP contribution in [0.15, 0.2) is 30.3 Å². The second-order valence-corrected chi connectivity index (χ2v) is 15.8. The number of benzene rings is 1. The predicted molar refractivity (Wildman–Crippen MR) is 174 cm³/mol. The lowest BCUT2D eigenvalue weighted by Gasteiger charge is -2.15. The van der Waals surface area contributed by atoms with Gasteiger partial charge in [0.15, 0.2) is 8.32 Å². The van der Waals surface area contributed by atoms with Crippen LogP contribution < -0.4 is 0 Å². The Morgan fingerprint density at radius 1 is 0.694 bits per heavy atom. The Bertz CT molecular complexity index is 421. The molecule has 0 aliphatic heterocycles. The van der Waals surface area contributed by atoms with E-state index in [1.54, 1.807) is 0 Å². The van der Waals surface area contributed by atoms with Gasteiger partial charge in [0, 0.05) is 6.61 Å². The van der Waals surface area contributed by atoms with Crippen molar-refractivity contribution in [2.75, 3.05) is 6.61 Å². The van der Waals surface area contributed by atoms with E-state index in [1.165, 1.54) is 82.6 Å². The summed E-state index contributed by atoms with van der Waals surface area (Å²) in [5.74, 6) is 0.833. The average Bonchev–Trinajstić information content (AvgIpc) is 2.79. The van der Waals surface area contributed by atoms with Crippen LogP contribution in [0.5, 0.6) is 0 Å². The Hall–Kier alpha value is -0.603. The molecular weight excluding hydrogens is 452 g/mol. The molecule has 218 valence electrons. The van der Waals surface area contributed by atoms with E-state index in [0.29, 0.717) is 0 Å². The second kappa shape index (κ2) is 36.6. The van der Waals surface area contributed by atoms with Crippen molar-refractivity contribution in [3.05, 3.63) is 42.3 Å². The van der Waals surface area contributed by atoms with Crippen LogP contribution in [0.25, 0.3) is 0 Å². The predicted octanol–water partition coefficient (Wildman–Crippen LogP) is 12.7. The number of hydrogen-bond donors (Lipinski definition) is 0. The summed E-state index contributed by atoms with van der Waals surface area (Å²) in [6, 6.07) is 10.6. The summed E-state index contributed by atoms with van der Waals surface area (Å²) in [4.78, 5) is 0. The molecular formula is C34H71OSi-. The monoisotopic (exact) mass is 524 g/mol. The van der Waals surface area contributed by atoms with E-state index in [9.17, 15) is 0 Å². The van der Waals surface area contributed by atoms with Crippen LogP contribution in [0.1, 0.15) is 145 Å². The Labute approximate surface area is 232 Å². The third-order valence-corrected chi connectivity index (χ3v) is 5.51. The van der Waals surface area contributed by atoms with Gasteiger partial charge in [-0.3, -0.25) is 0 Å². The highest BCUT2D eigenvalue weighted by Crippen LogP contribution is 2.14. The van der Waals surface area contributed by atoms with Gasteiger partial charge in [-0.05, 0) is 44.0 Å². The zero-order chi connectivity index (χ0) is 28.5. The molecule has 1 aromatic rings. The van der Waals surface area contributed by atoms with Crippen LogP contribution in [-0.2, 0) is 10.8 Å². The van der Waals surface area contributed by atoms with Crippen molar-refractivity contribution < 1.29 is 4.43 Å². The Morgan fingerprint density at radius 2 is 1.11 bits per heavy atom. The van der Waals surface area contributed by atoms with Gasteiger partial charge in [-0.2, -0.15) is 12.8 Å². The topological polar surface area (TPSA) is 9.23 Å². The minimum atomic E-state index is -1.18. The maximum absolute atomic E-state index is 5.52. The molecule has 0 aromatic heterocycles. The Balaban J connectivity index is -0.000000179. The summed E-state index contributed by atoms with van der Waals surface area (Å²) >= 11 is 0. The molecule has 36 heavy (non-hydrogen) atoms. The van der Waals surface area contributed by atoms with E-state index in [1.807, 2.05) is 0 Å². The van der Waals surface area contributed by atoms with Crippen molar-refractivity contribution >= 4 is 8.32 Å². The van der Waals surface area contributed by atoms with E-state index in [0.717, 1.165) is 18.9 Å². The summed E-state index contributed by atoms with van der Waals surface area (Å²) in [5.41, 5.74) is 1.44. The fraction of sp³-hybridized carbons (Fsp3) is 0.794. The lowest BCUT2D eigenvalue weighted by Crippen LogP contribution is -2.25. The van der Waals surface area contributed by atoms with Gasteiger partial charge in [0.1, 0.15) is 0 Å². The molecule has 1 aromatic carbocycles. The van der Waals surface area contributed by atoms with E-state index in [-0.39, 0.29) is 0 Å². The standard InChI is InChI=1S/C9H12.C8H15.C6H16OSi.2C4H10.C3H8/c1-2-6-9-7-4-3-5-8-9;1-2-4-6-8-7-5-3-1;1-5-6-7-8(2,3)4;1-4(2)3;1-3-4-2;1-3-2/h3-5,7-8H,2,6H2,1H3;1H,2-8H2;5-6H2,1-4H3;4H,1-3H3;3-4H2,1-2H3;3H2,1-2H3/q;-1;;;;. The van der Waals surface area contributed by atoms with Gasteiger partial charge >= 0.3 is 0 Å². The smallest absolute Gasteiger partial charge is 0.183 e. The quantitative estimate of drug-likeness (QED) is 0.266. The zero-order valence-corrected chi connectivity index (χ0v) is 28.3. The average molecular weight is 524 g/mol. The molecule has 0 heterocycles. The third-order valence-electron chi connectivity index (χ3n) is 4.44. The lowest BCUT2D eigenvalue weighted by molar-refractivity contribution is 0.311. The number of hydrogen-bond acceptors (Lipinski definition) is 1. The minimum absolute atomic E-state index is 0.833. The molecule has 0 N–H and O–H groups in total. The Morgan fingerprint density at radius 3 is 1.42 bits per heavy atom. The van der Waals surface area contributed by atoms with Crippen molar-refractivity contribution in [3.63, 3.8) is 0 Å². The molecule has 1 saturated carbocycles. The maximum Gasteiger partial charge on any atom is 0.183 e. The van der Waals surface area contributed by atoms with Crippen molar-refractivity contribution in [3.8, 4) is 0 Å². The first-order valence-electron chi connectivity index (χ1n) is 15.5. The van der Waals surface area contributed by atoms with Crippen LogP contribution >= 0.6 is 0 Å². The van der Waals surface area contributed by atoms with Gasteiger partial charge in [-0.1, -0.05) is 150 Å². The van der Waals surface area contributed by atoms with Crippen LogP contribution in [-0.4, -0.2) is 14.9 Å². The van der Waals surface area contributed by atoms with E-state index >= 15 is 0 Å². The first-order valence-corrected chi connectivity index (χ1v) is 19.0. The first kappa shape index (κ1) is 42.5. The van der Waals surface area contributed by atoms with Crippen molar-refractivity contribution in [1.82, 2.24) is 0 Å². The molecule has 0 bridgehead atoms. The van der Waals surface area contributed by atoms with Crippen LogP contribution in [0.3, 0.4) is 0 Å². The normalized spacial score (nSPS) is 12.7. The molecule has 0 unspecified atom stereocenters. The molecule has 0 radical (unpaired) electrons. The number of unbranched alkanes of at least 4 members (excludes halogenated alkanes) is 1. The van der Waals surface area contributed by atoms with Crippen LogP contribution in [0.2, 0.25) is 19.6 Å². The summed E-state index contributed by atoms with van der Waals surface area (Å²) in [6.45, 7) is 27.0. The van der Waals surface area contributed by atoms with Gasteiger partial charge in [0.25, 0.3) is 0 Å². The molecule has 0 spiro atoms. The van der Waals surface area contributed by atoms with Gasteiger partial charge < -0.3 is 10.8 Å². The second-order valence-electron chi connectivity index (χ2n) is 11.3. The van der Waals surface area contributed by atoms with Gasteiger partial charge in [0.2, 0.25) is 0 Å². The van der Waals surface area contributed by atoms with Crippen LogP contribution in [0.4, 0.5) is 0 Å². The lowest BCUT2D eigenvalue weighted by atomic mass is 10.0. The van der Waals surface area contributed by atoms with Gasteiger partial charge in [-0.15, -0.1) is 0 Å². The summed E-state index contributed by atoms with van der Waals surface area (Å²) in [7, 11) is -1.18. The van der Waals surface area contributed by atoms with Gasteiger partial charge in [0.05, 0.1) is 0 Å². The molecule has 2 rings (SSSR count). The molecule has 1 fully saturated rings. The van der Waals surface area contributed by atoms with E-state index in [2.05, 4.69) is 119 Å². The van der Waals surface area contributed by atoms with Gasteiger partial charge in [-0.25, -0.2) is 0 Å². The highest BCUT2D eigenvalue weighted by Gasteiger charge is 2.12. The van der Waals surface area contributed by atoms with E-state index in [4.69, 9.17) is 4.43 Å². The molecule has 2 heteroatoms. The summed E-state index contributed by atoms with van der Waals surface area (Å²) < 4.78 is 5.52. The number of rotatable bonds is 6. The molecule has 0 amide bonds. The first-order chi connectivity index (χ1) is 17.1. The SMILES string of the molecule is CC(C)C.CCC.CCCC.CCCO[Si](C)(C)C.CCCc1ccccc1.[CH-]1CCCCCCC1. The molecule has 1 nitrogen and oxygen atoms in total. The minimum Gasteiger partial charge on any atom is -0.418 e. The Kier molecular flexibility index (Phi) is 43.1. The molecule has 0 saturated heterocycles. The molecule has 1 aliphatic rings. The summed E-state index contributed by atoms with van der Waals surface area (Å²) in [5, 5.41) is 0. The zero-order valence-electron chi connectivity index (χ0n) is 27.3. The fourth-order valence-electron chi connectivity index (χ4n) is 2.59. The number of aryl methyl sites for hydroxylation is 1. The maximum atomic E-state index is 5.52. The fourth-order valence-corrected chi connectivity index (χ4v) is 3.41. The highest BCUT2D eigenvalue weighted by atomic mass is 28.4. The largest absolute Gasteiger partial charge is 0.418 e. The summed E-state index contributed by atoms with van der Waals surface area (Å²) in [6.07, 6.45) is 20.0. The highest BCUT2D eigenvalue weighted by molar-refractivity contribution is 6.69. The van der Waals surface area contributed by atoms with Crippen molar-refractivity contribution in [2.45, 2.75) is 165 Å². The molecule has 0 atom stereocenters.